The Labute approximate surface area is 118 Å². The smallest absolute Gasteiger partial charge is 0.255 e. The Hall–Kier alpha value is -1.49. The molecule has 1 aliphatic heterocycles. The van der Waals surface area contributed by atoms with E-state index in [1.807, 2.05) is 44.2 Å². The average Bonchev–Trinajstić information content (AvgIpc) is 2.67. The molecule has 0 spiro atoms. The second-order valence-electron chi connectivity index (χ2n) is 5.54. The number of carbonyl (C=O) groups excluding carboxylic acids is 1. The summed E-state index contributed by atoms with van der Waals surface area (Å²) >= 11 is 0. The van der Waals surface area contributed by atoms with Crippen molar-refractivity contribution in [2.75, 3.05) is 6.54 Å². The Bertz CT molecular complexity index is 450. The lowest BCUT2D eigenvalue weighted by molar-refractivity contribution is -0.132. The van der Waals surface area contributed by atoms with E-state index in [1.165, 1.54) is 4.90 Å². The van der Waals surface area contributed by atoms with E-state index in [0.717, 1.165) is 5.56 Å². The van der Waals surface area contributed by atoms with Gasteiger partial charge >= 0.3 is 0 Å². The number of benzene rings is 1. The molecule has 1 amide bonds. The van der Waals surface area contributed by atoms with E-state index in [1.54, 1.807) is 0 Å². The Morgan fingerprint density at radius 2 is 1.90 bits per heavy atom. The fraction of sp³-hybridized carbons (Fsp3) is 0.533. The first kappa shape index (κ1) is 14.9. The summed E-state index contributed by atoms with van der Waals surface area (Å²) in [5.41, 5.74) is 0.822. The van der Waals surface area contributed by atoms with Gasteiger partial charge in [0.2, 0.25) is 5.91 Å². The van der Waals surface area contributed by atoms with Gasteiger partial charge in [0.1, 0.15) is 6.04 Å². The molecule has 1 aliphatic rings. The van der Waals surface area contributed by atoms with Gasteiger partial charge in [-0.1, -0.05) is 44.2 Å². The Morgan fingerprint density at radius 1 is 1.25 bits per heavy atom. The summed E-state index contributed by atoms with van der Waals surface area (Å²) in [5.74, 6) is 0.0668. The van der Waals surface area contributed by atoms with Crippen LogP contribution in [0.2, 0.25) is 0 Å². The van der Waals surface area contributed by atoms with E-state index in [2.05, 4.69) is 5.32 Å². The quantitative estimate of drug-likeness (QED) is 0.900. The van der Waals surface area contributed by atoms with Gasteiger partial charge in [-0.25, -0.2) is 8.78 Å². The molecule has 2 unspecified atom stereocenters. The molecule has 0 aliphatic carbocycles. The first-order chi connectivity index (χ1) is 9.49. The highest BCUT2D eigenvalue weighted by atomic mass is 19.3. The van der Waals surface area contributed by atoms with Crippen LogP contribution in [0.15, 0.2) is 30.3 Å². The maximum absolute atomic E-state index is 12.7. The number of hydrogen-bond donors (Lipinski definition) is 1. The number of halogens is 2. The number of rotatable bonds is 5. The lowest BCUT2D eigenvalue weighted by Gasteiger charge is -2.25. The molecule has 0 bridgehead atoms. The Kier molecular flexibility index (Phi) is 4.70. The first-order valence-corrected chi connectivity index (χ1v) is 6.88. The summed E-state index contributed by atoms with van der Waals surface area (Å²) in [6.07, 6.45) is -2.16. The van der Waals surface area contributed by atoms with Crippen LogP contribution in [0.1, 0.15) is 31.9 Å². The SMILES string of the molecule is CC(C)CC1NC(c2ccccc2)C(=O)N1CC(F)F. The highest BCUT2D eigenvalue weighted by Crippen LogP contribution is 2.27. The van der Waals surface area contributed by atoms with Crippen molar-refractivity contribution in [3.05, 3.63) is 35.9 Å². The maximum atomic E-state index is 12.7. The third-order valence-corrected chi connectivity index (χ3v) is 3.43. The number of amides is 1. The van der Waals surface area contributed by atoms with E-state index in [9.17, 15) is 13.6 Å². The summed E-state index contributed by atoms with van der Waals surface area (Å²) in [4.78, 5) is 13.6. The van der Waals surface area contributed by atoms with Gasteiger partial charge in [0.05, 0.1) is 12.7 Å². The largest absolute Gasteiger partial charge is 0.320 e. The zero-order chi connectivity index (χ0) is 14.7. The lowest BCUT2D eigenvalue weighted by atomic mass is 10.1. The van der Waals surface area contributed by atoms with Crippen LogP contribution in [0.3, 0.4) is 0 Å². The number of hydrogen-bond acceptors (Lipinski definition) is 2. The van der Waals surface area contributed by atoms with Crippen LogP contribution >= 0.6 is 0 Å². The van der Waals surface area contributed by atoms with Gasteiger partial charge < -0.3 is 4.90 Å². The van der Waals surface area contributed by atoms with E-state index in [4.69, 9.17) is 0 Å². The minimum Gasteiger partial charge on any atom is -0.320 e. The molecule has 110 valence electrons. The third-order valence-electron chi connectivity index (χ3n) is 3.43. The minimum atomic E-state index is -2.51. The minimum absolute atomic E-state index is 0.262. The molecule has 5 heteroatoms. The molecule has 1 fully saturated rings. The average molecular weight is 282 g/mol. The van der Waals surface area contributed by atoms with Crippen molar-refractivity contribution in [2.24, 2.45) is 5.92 Å². The van der Waals surface area contributed by atoms with Gasteiger partial charge in [0.25, 0.3) is 6.43 Å². The van der Waals surface area contributed by atoms with E-state index < -0.39 is 19.0 Å². The normalized spacial score (nSPS) is 23.1. The molecule has 3 nitrogen and oxygen atoms in total. The fourth-order valence-corrected chi connectivity index (χ4v) is 2.57. The van der Waals surface area contributed by atoms with Crippen molar-refractivity contribution in [1.29, 1.82) is 0 Å². The molecule has 1 saturated heterocycles. The molecule has 1 heterocycles. The fourth-order valence-electron chi connectivity index (χ4n) is 2.57. The van der Waals surface area contributed by atoms with Crippen molar-refractivity contribution in [3.63, 3.8) is 0 Å². The van der Waals surface area contributed by atoms with Gasteiger partial charge in [-0.15, -0.1) is 0 Å². The number of carbonyl (C=O) groups is 1. The maximum Gasteiger partial charge on any atom is 0.255 e. The highest BCUT2D eigenvalue weighted by Gasteiger charge is 2.40. The van der Waals surface area contributed by atoms with Crippen LogP contribution in [0.5, 0.6) is 0 Å². The second-order valence-corrected chi connectivity index (χ2v) is 5.54. The van der Waals surface area contributed by atoms with Crippen molar-refractivity contribution in [3.8, 4) is 0 Å². The van der Waals surface area contributed by atoms with Gasteiger partial charge in [-0.3, -0.25) is 10.1 Å². The molecule has 0 saturated carbocycles. The van der Waals surface area contributed by atoms with Crippen molar-refractivity contribution < 1.29 is 13.6 Å². The molecule has 1 aromatic carbocycles. The monoisotopic (exact) mass is 282 g/mol. The van der Waals surface area contributed by atoms with Crippen molar-refractivity contribution in [2.45, 2.75) is 38.9 Å². The highest BCUT2D eigenvalue weighted by molar-refractivity contribution is 5.85. The van der Waals surface area contributed by atoms with Gasteiger partial charge in [0, 0.05) is 0 Å². The first-order valence-electron chi connectivity index (χ1n) is 6.88. The molecule has 20 heavy (non-hydrogen) atoms. The third kappa shape index (κ3) is 3.33. The van der Waals surface area contributed by atoms with Crippen LogP contribution in [-0.4, -0.2) is 29.9 Å². The van der Waals surface area contributed by atoms with Gasteiger partial charge in [-0.2, -0.15) is 0 Å². The zero-order valence-electron chi connectivity index (χ0n) is 11.7. The summed E-state index contributed by atoms with van der Waals surface area (Å²) in [5, 5.41) is 3.19. The molecule has 0 aromatic heterocycles. The van der Waals surface area contributed by atoms with Crippen LogP contribution < -0.4 is 5.32 Å². The lowest BCUT2D eigenvalue weighted by Crippen LogP contribution is -2.41. The molecular formula is C15H20F2N2O. The van der Waals surface area contributed by atoms with Gasteiger partial charge in [-0.05, 0) is 17.9 Å². The van der Waals surface area contributed by atoms with Crippen LogP contribution in [0, 0.1) is 5.92 Å². The number of nitrogens with zero attached hydrogens (tertiary/aromatic N) is 1. The van der Waals surface area contributed by atoms with Crippen molar-refractivity contribution in [1.82, 2.24) is 10.2 Å². The van der Waals surface area contributed by atoms with E-state index in [-0.39, 0.29) is 12.1 Å². The molecular weight excluding hydrogens is 262 g/mol. The van der Waals surface area contributed by atoms with Crippen LogP contribution in [0.4, 0.5) is 8.78 Å². The summed E-state index contributed by atoms with van der Waals surface area (Å²) < 4.78 is 25.4. The van der Waals surface area contributed by atoms with E-state index >= 15 is 0 Å². The topological polar surface area (TPSA) is 32.3 Å². The van der Waals surface area contributed by atoms with E-state index in [0.29, 0.717) is 12.3 Å². The number of nitrogens with one attached hydrogen (secondary N) is 1. The number of alkyl halides is 2. The van der Waals surface area contributed by atoms with Gasteiger partial charge in [0.15, 0.2) is 0 Å². The zero-order valence-corrected chi connectivity index (χ0v) is 11.7. The molecule has 2 rings (SSSR count). The Balaban J connectivity index is 2.19. The van der Waals surface area contributed by atoms with Crippen LogP contribution in [0.25, 0.3) is 0 Å². The summed E-state index contributed by atoms with van der Waals surface area (Å²) in [6, 6.07) is 8.72. The molecule has 1 aromatic rings. The van der Waals surface area contributed by atoms with Crippen molar-refractivity contribution >= 4 is 5.91 Å². The second kappa shape index (κ2) is 6.31. The van der Waals surface area contributed by atoms with Crippen LogP contribution in [-0.2, 0) is 4.79 Å². The molecule has 2 atom stereocenters. The summed E-state index contributed by atoms with van der Waals surface area (Å²) in [7, 11) is 0. The molecule has 0 radical (unpaired) electrons. The predicted octanol–water partition coefficient (Wildman–Crippen LogP) is 2.80. The Morgan fingerprint density at radius 3 is 2.45 bits per heavy atom. The molecule has 1 N–H and O–H groups in total. The summed E-state index contributed by atoms with van der Waals surface area (Å²) in [6.45, 7) is 3.53. The predicted molar refractivity (Wildman–Crippen MR) is 73.3 cm³/mol. The standard InChI is InChI=1S/C15H20F2N2O/c1-10(2)8-13-18-14(11-6-4-3-5-7-11)15(20)19(13)9-12(16)17/h3-7,10,12-14,18H,8-9H2,1-2H3.